The minimum Gasteiger partial charge on any atom is -0.508 e. The van der Waals surface area contributed by atoms with Crippen molar-refractivity contribution < 1.29 is 29.2 Å². The molecule has 1 aliphatic heterocycles. The number of esters is 1. The summed E-state index contributed by atoms with van der Waals surface area (Å²) in [4.78, 5) is 12.2. The van der Waals surface area contributed by atoms with Gasteiger partial charge in [0.15, 0.2) is 11.5 Å². The SMILES string of the molecule is CCOC(=O)Cn1nnc(-c2cc(C(C)C)c(O)cc2O)c1-c1ccc2c(c1)OCCO2. The molecule has 9 heteroatoms. The number of aromatic nitrogens is 3. The number of ether oxygens (including phenoxy) is 3. The number of hydrogen-bond acceptors (Lipinski definition) is 8. The molecule has 0 saturated carbocycles. The van der Waals surface area contributed by atoms with E-state index in [-0.39, 0.29) is 30.6 Å². The van der Waals surface area contributed by atoms with Crippen LogP contribution in [0.2, 0.25) is 0 Å². The number of rotatable bonds is 6. The van der Waals surface area contributed by atoms with E-state index in [4.69, 9.17) is 14.2 Å². The quantitative estimate of drug-likeness (QED) is 0.561. The number of phenols is 2. The molecule has 0 radical (unpaired) electrons. The zero-order valence-corrected chi connectivity index (χ0v) is 18.2. The maximum Gasteiger partial charge on any atom is 0.327 e. The van der Waals surface area contributed by atoms with Crippen LogP contribution in [0.1, 0.15) is 32.3 Å². The Morgan fingerprint density at radius 2 is 1.88 bits per heavy atom. The van der Waals surface area contributed by atoms with Gasteiger partial charge in [-0.25, -0.2) is 4.68 Å². The molecule has 0 atom stereocenters. The van der Waals surface area contributed by atoms with Gasteiger partial charge in [0.2, 0.25) is 0 Å². The van der Waals surface area contributed by atoms with Gasteiger partial charge in [0, 0.05) is 17.2 Å². The molecule has 3 aromatic rings. The highest BCUT2D eigenvalue weighted by molar-refractivity contribution is 5.84. The molecule has 0 bridgehead atoms. The van der Waals surface area contributed by atoms with Crippen LogP contribution in [-0.4, -0.2) is 51.0 Å². The van der Waals surface area contributed by atoms with E-state index in [0.29, 0.717) is 52.8 Å². The third kappa shape index (κ3) is 4.05. The van der Waals surface area contributed by atoms with Gasteiger partial charge >= 0.3 is 5.97 Å². The monoisotopic (exact) mass is 439 g/mol. The van der Waals surface area contributed by atoms with Gasteiger partial charge in [-0.05, 0) is 42.7 Å². The van der Waals surface area contributed by atoms with Crippen LogP contribution < -0.4 is 9.47 Å². The van der Waals surface area contributed by atoms with Crippen LogP contribution in [0.25, 0.3) is 22.5 Å². The fourth-order valence-electron chi connectivity index (χ4n) is 3.66. The van der Waals surface area contributed by atoms with Gasteiger partial charge in [0.05, 0.1) is 12.3 Å². The van der Waals surface area contributed by atoms with Crippen molar-refractivity contribution in [1.82, 2.24) is 15.0 Å². The molecule has 4 rings (SSSR count). The second-order valence-electron chi connectivity index (χ2n) is 7.69. The lowest BCUT2D eigenvalue weighted by atomic mass is 9.96. The first-order valence-electron chi connectivity index (χ1n) is 10.4. The lowest BCUT2D eigenvalue weighted by Gasteiger charge is -2.19. The first-order chi connectivity index (χ1) is 15.4. The molecule has 0 unspecified atom stereocenters. The summed E-state index contributed by atoms with van der Waals surface area (Å²) >= 11 is 0. The van der Waals surface area contributed by atoms with Crippen LogP contribution in [0.3, 0.4) is 0 Å². The third-order valence-electron chi connectivity index (χ3n) is 5.16. The standard InChI is InChI=1S/C23H25N3O6/c1-4-30-21(29)12-26-23(14-5-6-19-20(9-14)32-8-7-31-19)22(24-25-26)16-10-15(13(2)3)17(27)11-18(16)28/h5-6,9-11,13,27-28H,4,7-8,12H2,1-3H3. The van der Waals surface area contributed by atoms with Crippen molar-refractivity contribution in [2.45, 2.75) is 33.2 Å². The van der Waals surface area contributed by atoms with Crippen LogP contribution in [0, 0.1) is 0 Å². The minimum atomic E-state index is -0.458. The van der Waals surface area contributed by atoms with Crippen LogP contribution in [0.4, 0.5) is 0 Å². The van der Waals surface area contributed by atoms with Gasteiger partial charge in [-0.1, -0.05) is 19.1 Å². The van der Waals surface area contributed by atoms with Crippen molar-refractivity contribution in [2.24, 2.45) is 0 Å². The molecule has 0 aliphatic carbocycles. The maximum absolute atomic E-state index is 12.2. The minimum absolute atomic E-state index is 0.000968. The number of aromatic hydroxyl groups is 2. The normalized spacial score (nSPS) is 12.8. The van der Waals surface area contributed by atoms with Crippen molar-refractivity contribution in [2.75, 3.05) is 19.8 Å². The van der Waals surface area contributed by atoms with Gasteiger partial charge in [-0.15, -0.1) is 5.10 Å². The summed E-state index contributed by atoms with van der Waals surface area (Å²) in [5.74, 6) is 0.610. The summed E-state index contributed by atoms with van der Waals surface area (Å²) in [6, 6.07) is 8.38. The summed E-state index contributed by atoms with van der Waals surface area (Å²) in [5.41, 5.74) is 2.60. The van der Waals surface area contributed by atoms with Crippen molar-refractivity contribution in [3.05, 3.63) is 35.9 Å². The second-order valence-corrected chi connectivity index (χ2v) is 7.69. The Bertz CT molecular complexity index is 1150. The van der Waals surface area contributed by atoms with E-state index in [1.807, 2.05) is 19.9 Å². The molecule has 2 aromatic carbocycles. The van der Waals surface area contributed by atoms with Gasteiger partial charge in [-0.2, -0.15) is 0 Å². The van der Waals surface area contributed by atoms with E-state index >= 15 is 0 Å². The molecule has 0 spiro atoms. The molecule has 168 valence electrons. The number of fused-ring (bicyclic) bond motifs is 1. The Balaban J connectivity index is 1.88. The van der Waals surface area contributed by atoms with Crippen LogP contribution >= 0.6 is 0 Å². The van der Waals surface area contributed by atoms with E-state index in [2.05, 4.69) is 10.3 Å². The Morgan fingerprint density at radius 1 is 1.12 bits per heavy atom. The molecule has 0 saturated heterocycles. The van der Waals surface area contributed by atoms with Gasteiger partial charge in [-0.3, -0.25) is 4.79 Å². The summed E-state index contributed by atoms with van der Waals surface area (Å²) in [7, 11) is 0. The molecular weight excluding hydrogens is 414 g/mol. The zero-order valence-electron chi connectivity index (χ0n) is 18.2. The number of benzene rings is 2. The first kappa shape index (κ1) is 21.5. The van der Waals surface area contributed by atoms with Crippen molar-refractivity contribution in [1.29, 1.82) is 0 Å². The lowest BCUT2D eigenvalue weighted by Crippen LogP contribution is -2.16. The summed E-state index contributed by atoms with van der Waals surface area (Å²) in [5, 5.41) is 29.3. The van der Waals surface area contributed by atoms with E-state index in [0.717, 1.165) is 0 Å². The molecule has 1 aromatic heterocycles. The Morgan fingerprint density at radius 3 is 2.59 bits per heavy atom. The number of hydrogen-bond donors (Lipinski definition) is 2. The molecular formula is C23H25N3O6. The van der Waals surface area contributed by atoms with Crippen LogP contribution in [0.5, 0.6) is 23.0 Å². The number of phenolic OH excluding ortho intramolecular Hbond substituents is 2. The largest absolute Gasteiger partial charge is 0.508 e. The Labute approximate surface area is 185 Å². The van der Waals surface area contributed by atoms with E-state index in [9.17, 15) is 15.0 Å². The maximum atomic E-state index is 12.2. The van der Waals surface area contributed by atoms with Crippen molar-refractivity contribution in [3.63, 3.8) is 0 Å². The third-order valence-corrected chi connectivity index (χ3v) is 5.16. The zero-order chi connectivity index (χ0) is 22.8. The highest BCUT2D eigenvalue weighted by atomic mass is 16.6. The van der Waals surface area contributed by atoms with E-state index in [1.165, 1.54) is 10.7 Å². The fraction of sp³-hybridized carbons (Fsp3) is 0.348. The molecule has 2 N–H and O–H groups in total. The number of carbonyl (C=O) groups is 1. The Kier molecular flexibility index (Phi) is 5.89. The summed E-state index contributed by atoms with van der Waals surface area (Å²) in [6.45, 7) is 6.61. The fourth-order valence-corrected chi connectivity index (χ4v) is 3.66. The van der Waals surface area contributed by atoms with E-state index in [1.54, 1.807) is 25.1 Å². The predicted molar refractivity (Wildman–Crippen MR) is 116 cm³/mol. The lowest BCUT2D eigenvalue weighted by molar-refractivity contribution is -0.144. The number of nitrogens with zero attached hydrogens (tertiary/aromatic N) is 3. The average molecular weight is 439 g/mol. The predicted octanol–water partition coefficient (Wildman–Crippen LogP) is 3.48. The average Bonchev–Trinajstić information content (AvgIpc) is 3.16. The van der Waals surface area contributed by atoms with Crippen LogP contribution in [0.15, 0.2) is 30.3 Å². The smallest absolute Gasteiger partial charge is 0.327 e. The molecule has 9 nitrogen and oxygen atoms in total. The molecule has 0 amide bonds. The van der Waals surface area contributed by atoms with Gasteiger partial charge in [0.1, 0.15) is 37.0 Å². The molecule has 32 heavy (non-hydrogen) atoms. The Hall–Kier alpha value is -3.75. The molecule has 2 heterocycles. The number of carbonyl (C=O) groups excluding carboxylic acids is 1. The van der Waals surface area contributed by atoms with Gasteiger partial charge in [0.25, 0.3) is 0 Å². The highest BCUT2D eigenvalue weighted by Crippen LogP contribution is 2.42. The van der Waals surface area contributed by atoms with Crippen molar-refractivity contribution >= 4 is 5.97 Å². The molecule has 1 aliphatic rings. The topological polar surface area (TPSA) is 116 Å². The van der Waals surface area contributed by atoms with Gasteiger partial charge < -0.3 is 24.4 Å². The van der Waals surface area contributed by atoms with Crippen LogP contribution in [-0.2, 0) is 16.1 Å². The highest BCUT2D eigenvalue weighted by Gasteiger charge is 2.24. The second kappa shape index (κ2) is 8.78. The van der Waals surface area contributed by atoms with Crippen molar-refractivity contribution in [3.8, 4) is 45.5 Å². The summed E-state index contributed by atoms with van der Waals surface area (Å²) in [6.07, 6.45) is 0. The molecule has 0 fully saturated rings. The summed E-state index contributed by atoms with van der Waals surface area (Å²) < 4.78 is 17.8. The van der Waals surface area contributed by atoms with E-state index < -0.39 is 5.97 Å². The first-order valence-corrected chi connectivity index (χ1v) is 10.4.